The number of carbonyl (C=O) groups is 1. The zero-order valence-electron chi connectivity index (χ0n) is 20.7. The molecule has 1 unspecified atom stereocenters. The Balaban J connectivity index is 2.22. The minimum atomic E-state index is -1.17. The normalized spacial score (nSPS) is 17.6. The van der Waals surface area contributed by atoms with Crippen molar-refractivity contribution in [2.24, 2.45) is 5.92 Å². The van der Waals surface area contributed by atoms with Crippen LogP contribution in [0.3, 0.4) is 0 Å². The number of hydrogen-bond acceptors (Lipinski definition) is 5. The number of rotatable bonds is 5. The molecule has 1 N–H and O–H groups in total. The van der Waals surface area contributed by atoms with E-state index < -0.39 is 17.0 Å². The molecule has 0 radical (unpaired) electrons. The van der Waals surface area contributed by atoms with E-state index in [1.165, 1.54) is 11.1 Å². The van der Waals surface area contributed by atoms with Gasteiger partial charge in [-0.25, -0.2) is 4.79 Å². The Morgan fingerprint density at radius 2 is 1.68 bits per heavy atom. The van der Waals surface area contributed by atoms with Crippen LogP contribution in [-0.2, 0) is 16.1 Å². The van der Waals surface area contributed by atoms with Crippen LogP contribution in [0.15, 0.2) is 18.2 Å². The lowest BCUT2D eigenvalue weighted by atomic mass is 9.93. The molecule has 1 aliphatic rings. The molecule has 0 aromatic heterocycles. The zero-order chi connectivity index (χ0) is 23.6. The smallest absolute Gasteiger partial charge is 0.410 e. The van der Waals surface area contributed by atoms with Crippen molar-refractivity contribution in [2.75, 3.05) is 31.1 Å². The van der Waals surface area contributed by atoms with Crippen LogP contribution in [0.25, 0.3) is 0 Å². The van der Waals surface area contributed by atoms with E-state index in [0.29, 0.717) is 13.1 Å². The van der Waals surface area contributed by atoms with Crippen molar-refractivity contribution in [1.82, 2.24) is 9.62 Å². The van der Waals surface area contributed by atoms with Gasteiger partial charge < -0.3 is 19.1 Å². The molecule has 0 bridgehead atoms. The molecule has 0 saturated carbocycles. The lowest BCUT2D eigenvalue weighted by Crippen LogP contribution is -2.50. The van der Waals surface area contributed by atoms with Gasteiger partial charge in [-0.2, -0.15) is 0 Å². The number of aryl methyl sites for hydroxylation is 1. The number of amides is 1. The first-order valence-electron chi connectivity index (χ1n) is 11.2. The van der Waals surface area contributed by atoms with Crippen LogP contribution in [-0.4, -0.2) is 52.1 Å². The third-order valence-corrected chi connectivity index (χ3v) is 6.83. The first kappa shape index (κ1) is 25.8. The Kier molecular flexibility index (Phi) is 8.33. The highest BCUT2D eigenvalue weighted by Crippen LogP contribution is 2.34. The maximum atomic E-state index is 12.9. The Hall–Kier alpha value is -1.44. The summed E-state index contributed by atoms with van der Waals surface area (Å²) in [6, 6.07) is 6.45. The summed E-state index contributed by atoms with van der Waals surface area (Å²) in [5, 5.41) is 0. The number of carbonyl (C=O) groups excluding carboxylic acids is 1. The van der Waals surface area contributed by atoms with Crippen LogP contribution >= 0.6 is 0 Å². The quantitative estimate of drug-likeness (QED) is 0.651. The second kappa shape index (κ2) is 10.0. The SMILES string of the molecule is Cc1ccc(N2CCN(C(=O)OC(C)(C)C)CC2)c([C@@H](N[S+]([O-])C(C)(C)C)C(C)C)c1. The Morgan fingerprint density at radius 3 is 2.16 bits per heavy atom. The summed E-state index contributed by atoms with van der Waals surface area (Å²) in [5.41, 5.74) is 3.00. The Morgan fingerprint density at radius 1 is 1.10 bits per heavy atom. The number of nitrogens with zero attached hydrogens (tertiary/aromatic N) is 2. The van der Waals surface area contributed by atoms with E-state index in [-0.39, 0.29) is 22.8 Å². The molecule has 1 aromatic rings. The fourth-order valence-electron chi connectivity index (χ4n) is 3.52. The van der Waals surface area contributed by atoms with E-state index in [9.17, 15) is 9.35 Å². The van der Waals surface area contributed by atoms with Crippen molar-refractivity contribution in [3.63, 3.8) is 0 Å². The maximum absolute atomic E-state index is 12.9. The van der Waals surface area contributed by atoms with E-state index in [4.69, 9.17) is 4.74 Å². The fraction of sp³-hybridized carbons (Fsp3) is 0.708. The number of anilines is 1. The summed E-state index contributed by atoms with van der Waals surface area (Å²) in [6.07, 6.45) is -0.251. The molecule has 176 valence electrons. The van der Waals surface area contributed by atoms with Gasteiger partial charge >= 0.3 is 6.09 Å². The second-order valence-electron chi connectivity index (χ2n) is 10.7. The summed E-state index contributed by atoms with van der Waals surface area (Å²) in [6.45, 7) is 20.7. The predicted molar refractivity (Wildman–Crippen MR) is 130 cm³/mol. The van der Waals surface area contributed by atoms with Gasteiger partial charge in [0.1, 0.15) is 10.3 Å². The number of benzene rings is 1. The molecule has 31 heavy (non-hydrogen) atoms. The first-order chi connectivity index (χ1) is 14.2. The standard InChI is InChI=1S/C24H41N3O3S/c1-17(2)21(25-31(29)24(7,8)9)19-16-18(3)10-11-20(19)26-12-14-27(15-13-26)22(28)30-23(4,5)6/h10-11,16-17,21,25H,12-15H2,1-9H3/t21-,31?/m0/s1. The van der Waals surface area contributed by atoms with Crippen LogP contribution in [0.4, 0.5) is 10.5 Å². The molecule has 1 amide bonds. The molecule has 0 spiro atoms. The molecule has 6 nitrogen and oxygen atoms in total. The molecular formula is C24H41N3O3S. The average molecular weight is 452 g/mol. The zero-order valence-corrected chi connectivity index (χ0v) is 21.6. The van der Waals surface area contributed by atoms with E-state index in [0.717, 1.165) is 18.8 Å². The van der Waals surface area contributed by atoms with Gasteiger partial charge in [0.05, 0.1) is 6.04 Å². The fourth-order valence-corrected chi connectivity index (χ4v) is 4.50. The van der Waals surface area contributed by atoms with Gasteiger partial charge in [-0.1, -0.05) is 31.5 Å². The van der Waals surface area contributed by atoms with Crippen LogP contribution in [0.1, 0.15) is 72.6 Å². The van der Waals surface area contributed by atoms with Gasteiger partial charge in [0.15, 0.2) is 0 Å². The monoisotopic (exact) mass is 451 g/mol. The second-order valence-corrected chi connectivity index (χ2v) is 12.7. The summed E-state index contributed by atoms with van der Waals surface area (Å²) in [5.74, 6) is 0.273. The van der Waals surface area contributed by atoms with Crippen LogP contribution in [0.2, 0.25) is 0 Å². The Labute approximate surface area is 192 Å². The molecule has 2 atom stereocenters. The van der Waals surface area contributed by atoms with Gasteiger partial charge in [-0.3, -0.25) is 0 Å². The van der Waals surface area contributed by atoms with Crippen LogP contribution < -0.4 is 9.62 Å². The highest BCUT2D eigenvalue weighted by atomic mass is 32.2. The first-order valence-corrected chi connectivity index (χ1v) is 12.4. The van der Waals surface area contributed by atoms with Crippen molar-refractivity contribution in [2.45, 2.75) is 78.7 Å². The molecular weight excluding hydrogens is 410 g/mol. The lowest BCUT2D eigenvalue weighted by Gasteiger charge is -2.39. The topological polar surface area (TPSA) is 67.9 Å². The number of ether oxygens (including phenoxy) is 1. The summed E-state index contributed by atoms with van der Waals surface area (Å²) in [7, 11) is 0. The number of nitrogens with one attached hydrogen (secondary N) is 1. The van der Waals surface area contributed by atoms with E-state index >= 15 is 0 Å². The largest absolute Gasteiger partial charge is 0.598 e. The van der Waals surface area contributed by atoms with Crippen molar-refractivity contribution in [3.8, 4) is 0 Å². The van der Waals surface area contributed by atoms with Gasteiger partial charge in [0.2, 0.25) is 0 Å². The number of piperazine rings is 1. The molecule has 0 aliphatic carbocycles. The molecule has 2 rings (SSSR count). The predicted octanol–water partition coefficient (Wildman–Crippen LogP) is 4.80. The minimum Gasteiger partial charge on any atom is -0.598 e. The summed E-state index contributed by atoms with van der Waals surface area (Å²) >= 11 is -1.17. The van der Waals surface area contributed by atoms with Crippen molar-refractivity contribution in [3.05, 3.63) is 29.3 Å². The lowest BCUT2D eigenvalue weighted by molar-refractivity contribution is 0.0240. The van der Waals surface area contributed by atoms with E-state index in [1.54, 1.807) is 4.90 Å². The van der Waals surface area contributed by atoms with E-state index in [2.05, 4.69) is 48.6 Å². The molecule has 1 heterocycles. The van der Waals surface area contributed by atoms with Gasteiger partial charge in [-0.05, 0) is 66.0 Å². The number of hydrogen-bond donors (Lipinski definition) is 1. The average Bonchev–Trinajstić information content (AvgIpc) is 2.63. The summed E-state index contributed by atoms with van der Waals surface area (Å²) in [4.78, 5) is 16.5. The van der Waals surface area contributed by atoms with Crippen molar-refractivity contribution >= 4 is 23.1 Å². The van der Waals surface area contributed by atoms with Crippen molar-refractivity contribution in [1.29, 1.82) is 0 Å². The molecule has 7 heteroatoms. The van der Waals surface area contributed by atoms with Gasteiger partial charge in [0, 0.05) is 43.2 Å². The molecule has 1 aliphatic heterocycles. The van der Waals surface area contributed by atoms with Crippen molar-refractivity contribution < 1.29 is 14.1 Å². The minimum absolute atomic E-state index is 0.0288. The highest BCUT2D eigenvalue weighted by Gasteiger charge is 2.33. The molecule has 1 aromatic carbocycles. The van der Waals surface area contributed by atoms with Crippen LogP contribution in [0.5, 0.6) is 0 Å². The summed E-state index contributed by atoms with van der Waals surface area (Å²) < 4.78 is 21.5. The maximum Gasteiger partial charge on any atom is 0.410 e. The van der Waals surface area contributed by atoms with Gasteiger partial charge in [0.25, 0.3) is 0 Å². The van der Waals surface area contributed by atoms with Crippen LogP contribution in [0, 0.1) is 12.8 Å². The Bertz CT molecular complexity index is 747. The third kappa shape index (κ3) is 7.29. The van der Waals surface area contributed by atoms with E-state index in [1.807, 2.05) is 41.5 Å². The molecule has 1 saturated heterocycles. The third-order valence-electron chi connectivity index (χ3n) is 5.25. The van der Waals surface area contributed by atoms with Gasteiger partial charge in [-0.15, -0.1) is 4.72 Å². The molecule has 1 fully saturated rings. The highest BCUT2D eigenvalue weighted by molar-refractivity contribution is 7.90.